The van der Waals surface area contributed by atoms with Gasteiger partial charge in [-0.15, -0.1) is 0 Å². The van der Waals surface area contributed by atoms with Crippen molar-refractivity contribution in [3.8, 4) is 5.75 Å². The van der Waals surface area contributed by atoms with Gasteiger partial charge in [0.2, 0.25) is 0 Å². The van der Waals surface area contributed by atoms with E-state index >= 15 is 0 Å². The van der Waals surface area contributed by atoms with E-state index in [9.17, 15) is 0 Å². The lowest BCUT2D eigenvalue weighted by molar-refractivity contribution is 0.472. The highest BCUT2D eigenvalue weighted by atomic mass is 79.9. The van der Waals surface area contributed by atoms with E-state index in [0.29, 0.717) is 9.50 Å². The first-order valence-electron chi connectivity index (χ1n) is 2.45. The molecule has 0 bridgehead atoms. The van der Waals surface area contributed by atoms with Gasteiger partial charge in [0.15, 0.2) is 0 Å². The lowest BCUT2D eigenvalue weighted by Crippen LogP contribution is -1.71. The van der Waals surface area contributed by atoms with Crippen LogP contribution in [0, 0.1) is 0 Å². The first kappa shape index (κ1) is 8.37. The van der Waals surface area contributed by atoms with Crippen molar-refractivity contribution < 1.29 is 5.11 Å². The van der Waals surface area contributed by atoms with Gasteiger partial charge in [0.1, 0.15) is 5.75 Å². The van der Waals surface area contributed by atoms with Crippen LogP contribution in [-0.4, -0.2) is 5.11 Å². The maximum absolute atomic E-state index is 9.13. The second kappa shape index (κ2) is 3.11. The monoisotopic (exact) mass is 284 g/mol. The minimum absolute atomic E-state index is 0.0740. The third-order valence-electron chi connectivity index (χ3n) is 0.982. The number of halogens is 3. The Kier molecular flexibility index (Phi) is 2.61. The van der Waals surface area contributed by atoms with Crippen LogP contribution in [0.3, 0.4) is 0 Å². The number of aromatic hydroxyl groups is 1. The largest absolute Gasteiger partial charge is 0.505 e. The average Bonchev–Trinajstić information content (AvgIpc) is 1.82. The summed E-state index contributed by atoms with van der Waals surface area (Å²) in [6, 6.07) is 3.35. The summed E-state index contributed by atoms with van der Waals surface area (Å²) >= 11 is 12.0. The van der Waals surface area contributed by atoms with E-state index in [-0.39, 0.29) is 5.75 Å². The Bertz CT molecular complexity index is 239. The van der Waals surface area contributed by atoms with E-state index in [4.69, 9.17) is 16.7 Å². The molecule has 0 saturated carbocycles. The minimum atomic E-state index is 0.0740. The lowest BCUT2D eigenvalue weighted by atomic mass is 10.3. The van der Waals surface area contributed by atoms with Crippen molar-refractivity contribution in [3.05, 3.63) is 26.1 Å². The molecular formula is C6H3Br2ClO. The number of phenols is 1. The predicted octanol–water partition coefficient (Wildman–Crippen LogP) is 3.57. The van der Waals surface area contributed by atoms with Crippen molar-refractivity contribution >= 4 is 43.5 Å². The molecule has 1 aromatic rings. The van der Waals surface area contributed by atoms with E-state index in [1.807, 2.05) is 0 Å². The molecule has 4 heteroatoms. The zero-order valence-electron chi connectivity index (χ0n) is 4.74. The van der Waals surface area contributed by atoms with Gasteiger partial charge in [0.05, 0.1) is 9.50 Å². The Labute approximate surface area is 80.3 Å². The molecule has 0 atom stereocenters. The van der Waals surface area contributed by atoms with Gasteiger partial charge in [0.25, 0.3) is 0 Å². The topological polar surface area (TPSA) is 20.2 Å². The summed E-state index contributed by atoms with van der Waals surface area (Å²) in [5.41, 5.74) is 0. The second-order valence-corrected chi connectivity index (χ2v) is 3.90. The first-order valence-corrected chi connectivity index (χ1v) is 4.41. The van der Waals surface area contributed by atoms with Crippen LogP contribution in [0.15, 0.2) is 21.1 Å². The molecule has 0 amide bonds. The van der Waals surface area contributed by atoms with Crippen molar-refractivity contribution in [2.24, 2.45) is 0 Å². The molecule has 0 aliphatic heterocycles. The molecule has 0 fully saturated rings. The molecule has 0 unspecified atom stereocenters. The molecule has 54 valence electrons. The molecule has 1 N–H and O–H groups in total. The Hall–Kier alpha value is 0.270. The van der Waals surface area contributed by atoms with E-state index in [0.717, 1.165) is 4.47 Å². The number of benzene rings is 1. The van der Waals surface area contributed by atoms with Gasteiger partial charge >= 0.3 is 0 Å². The standard InChI is InChI=1S/C6H3Br2ClO/c7-3-1-4(8)6(10)5(9)2-3/h1-2,10H. The Morgan fingerprint density at radius 2 is 1.90 bits per heavy atom. The van der Waals surface area contributed by atoms with Crippen molar-refractivity contribution in [3.63, 3.8) is 0 Å². The van der Waals surface area contributed by atoms with Gasteiger partial charge in [-0.25, -0.2) is 0 Å². The van der Waals surface area contributed by atoms with Crippen LogP contribution in [0.4, 0.5) is 0 Å². The molecule has 0 aliphatic carbocycles. The third kappa shape index (κ3) is 1.65. The Balaban J connectivity index is 3.31. The summed E-state index contributed by atoms with van der Waals surface area (Å²) in [7, 11) is 0. The smallest absolute Gasteiger partial charge is 0.148 e. The SMILES string of the molecule is Oc1c(Cl)cc(Br)cc1Br. The fourth-order valence-electron chi connectivity index (χ4n) is 0.535. The van der Waals surface area contributed by atoms with Crippen molar-refractivity contribution in [2.45, 2.75) is 0 Å². The quantitative estimate of drug-likeness (QED) is 0.773. The van der Waals surface area contributed by atoms with E-state index in [1.165, 1.54) is 0 Å². The second-order valence-electron chi connectivity index (χ2n) is 1.72. The highest BCUT2D eigenvalue weighted by molar-refractivity contribution is 9.11. The van der Waals surface area contributed by atoms with Crippen LogP contribution in [0.2, 0.25) is 5.02 Å². The molecule has 1 rings (SSSR count). The van der Waals surface area contributed by atoms with Crippen LogP contribution in [-0.2, 0) is 0 Å². The maximum Gasteiger partial charge on any atom is 0.148 e. The van der Waals surface area contributed by atoms with Crippen LogP contribution < -0.4 is 0 Å². The van der Waals surface area contributed by atoms with Gasteiger partial charge in [0, 0.05) is 4.47 Å². The Morgan fingerprint density at radius 3 is 2.40 bits per heavy atom. The van der Waals surface area contributed by atoms with Crippen molar-refractivity contribution in [1.29, 1.82) is 0 Å². The van der Waals surface area contributed by atoms with E-state index in [2.05, 4.69) is 31.9 Å². The zero-order valence-corrected chi connectivity index (χ0v) is 8.66. The summed E-state index contributed by atoms with van der Waals surface area (Å²) in [4.78, 5) is 0. The summed E-state index contributed by atoms with van der Waals surface area (Å²) < 4.78 is 1.43. The molecule has 0 aliphatic rings. The van der Waals surface area contributed by atoms with E-state index < -0.39 is 0 Å². The highest BCUT2D eigenvalue weighted by Gasteiger charge is 2.03. The molecule has 0 saturated heterocycles. The third-order valence-corrected chi connectivity index (χ3v) is 2.33. The normalized spacial score (nSPS) is 9.90. The number of hydrogen-bond donors (Lipinski definition) is 1. The molecule has 0 aromatic heterocycles. The van der Waals surface area contributed by atoms with Gasteiger partial charge < -0.3 is 5.11 Å². The number of phenolic OH excluding ortho intramolecular Hbond substituents is 1. The maximum atomic E-state index is 9.13. The fourth-order valence-corrected chi connectivity index (χ4v) is 2.23. The van der Waals surface area contributed by atoms with Crippen LogP contribution in [0.25, 0.3) is 0 Å². The molecule has 1 nitrogen and oxygen atoms in total. The summed E-state index contributed by atoms with van der Waals surface area (Å²) in [6.07, 6.45) is 0. The zero-order chi connectivity index (χ0) is 7.72. The van der Waals surface area contributed by atoms with Crippen molar-refractivity contribution in [2.75, 3.05) is 0 Å². The van der Waals surface area contributed by atoms with Crippen LogP contribution in [0.5, 0.6) is 5.75 Å². The molecule has 0 spiro atoms. The molecular weight excluding hydrogens is 283 g/mol. The van der Waals surface area contributed by atoms with Gasteiger partial charge in [-0.1, -0.05) is 27.5 Å². The summed E-state index contributed by atoms with van der Waals surface area (Å²) in [5.74, 6) is 0.0740. The van der Waals surface area contributed by atoms with Crippen LogP contribution >= 0.6 is 43.5 Å². The number of rotatable bonds is 0. The lowest BCUT2D eigenvalue weighted by Gasteiger charge is -1.99. The van der Waals surface area contributed by atoms with Crippen molar-refractivity contribution in [1.82, 2.24) is 0 Å². The Morgan fingerprint density at radius 1 is 1.30 bits per heavy atom. The molecule has 0 radical (unpaired) electrons. The van der Waals surface area contributed by atoms with Gasteiger partial charge in [-0.05, 0) is 28.1 Å². The highest BCUT2D eigenvalue weighted by Crippen LogP contribution is 2.34. The summed E-state index contributed by atoms with van der Waals surface area (Å²) in [5, 5.41) is 9.47. The number of hydrogen-bond acceptors (Lipinski definition) is 1. The predicted molar refractivity (Wildman–Crippen MR) is 48.5 cm³/mol. The summed E-state index contributed by atoms with van der Waals surface area (Å²) in [6.45, 7) is 0. The minimum Gasteiger partial charge on any atom is -0.505 e. The average molecular weight is 286 g/mol. The first-order chi connectivity index (χ1) is 4.61. The van der Waals surface area contributed by atoms with E-state index in [1.54, 1.807) is 12.1 Å². The molecule has 0 heterocycles. The van der Waals surface area contributed by atoms with Crippen LogP contribution in [0.1, 0.15) is 0 Å². The molecule has 10 heavy (non-hydrogen) atoms. The fraction of sp³-hybridized carbons (Fsp3) is 0. The van der Waals surface area contributed by atoms with Gasteiger partial charge in [-0.2, -0.15) is 0 Å². The van der Waals surface area contributed by atoms with Gasteiger partial charge in [-0.3, -0.25) is 0 Å². The molecule has 1 aromatic carbocycles.